The second-order valence-corrected chi connectivity index (χ2v) is 19.2. The number of anilines is 1. The Labute approximate surface area is 386 Å². The molecule has 0 aliphatic carbocycles. The predicted octanol–water partition coefficient (Wildman–Crippen LogP) is 12.5. The van der Waals surface area contributed by atoms with Crippen LogP contribution < -0.4 is 5.32 Å². The topological polar surface area (TPSA) is 132 Å². The average Bonchev–Trinajstić information content (AvgIpc) is 3.62. The minimum Gasteiger partial charge on any atom is -0.466 e. The number of rotatable bonds is 39. The van der Waals surface area contributed by atoms with Gasteiger partial charge >= 0.3 is 17.9 Å². The second-order valence-electron chi connectivity index (χ2n) is 18.1. The Kier molecular flexibility index (Phi) is 32.3. The van der Waals surface area contributed by atoms with Crippen molar-refractivity contribution >= 4 is 46.1 Å². The maximum atomic E-state index is 13.5. The van der Waals surface area contributed by atoms with Gasteiger partial charge in [0.2, 0.25) is 11.8 Å². The number of carbonyl (C=O) groups is 5. The van der Waals surface area contributed by atoms with Crippen LogP contribution in [0.15, 0.2) is 0 Å². The summed E-state index contributed by atoms with van der Waals surface area (Å²) in [4.78, 5) is 70.0. The Morgan fingerprint density at radius 1 is 0.619 bits per heavy atom. The fourth-order valence-corrected chi connectivity index (χ4v) is 9.38. The van der Waals surface area contributed by atoms with Gasteiger partial charge in [0.15, 0.2) is 0 Å². The van der Waals surface area contributed by atoms with Gasteiger partial charge in [-0.25, -0.2) is 4.79 Å². The first-order chi connectivity index (χ1) is 30.6. The number of fused-ring (bicyclic) bond motifs is 1. The van der Waals surface area contributed by atoms with Crippen molar-refractivity contribution in [1.82, 2.24) is 9.80 Å². The third-order valence-electron chi connectivity index (χ3n) is 12.0. The van der Waals surface area contributed by atoms with Crippen molar-refractivity contribution in [3.8, 4) is 0 Å². The highest BCUT2D eigenvalue weighted by molar-refractivity contribution is 7.17. The van der Waals surface area contributed by atoms with Crippen molar-refractivity contribution in [2.45, 2.75) is 232 Å². The van der Waals surface area contributed by atoms with E-state index < -0.39 is 5.97 Å². The molecular weight excluding hydrogens is 815 g/mol. The van der Waals surface area contributed by atoms with Crippen molar-refractivity contribution in [3.63, 3.8) is 0 Å². The van der Waals surface area contributed by atoms with E-state index in [1.165, 1.54) is 101 Å². The SMILES string of the molecule is CCCCCCCCCCCOC(=O)CCCCC(=O)N1CCc2c(sc(NC(=O)CCCCC(=O)OC(CCCCCC)CCCCCCCC)c2C(=O)OCCCN(C)C)C1. The number of hydrogen-bond donors (Lipinski definition) is 1. The summed E-state index contributed by atoms with van der Waals surface area (Å²) in [5.41, 5.74) is 1.22. The van der Waals surface area contributed by atoms with E-state index in [4.69, 9.17) is 14.2 Å². The summed E-state index contributed by atoms with van der Waals surface area (Å²) in [7, 11) is 3.94. The van der Waals surface area contributed by atoms with Gasteiger partial charge in [0.1, 0.15) is 11.1 Å². The zero-order valence-corrected chi connectivity index (χ0v) is 41.4. The molecule has 11 nitrogen and oxygen atoms in total. The number of hydrogen-bond acceptors (Lipinski definition) is 10. The van der Waals surface area contributed by atoms with Crippen LogP contribution in [0, 0.1) is 0 Å². The van der Waals surface area contributed by atoms with Crippen LogP contribution in [-0.4, -0.2) is 86.0 Å². The molecule has 1 unspecified atom stereocenters. The number of thiophene rings is 1. The normalized spacial score (nSPS) is 12.9. The fourth-order valence-electron chi connectivity index (χ4n) is 8.11. The molecule has 2 heterocycles. The first kappa shape index (κ1) is 56.1. The van der Waals surface area contributed by atoms with E-state index in [2.05, 4.69) is 26.1 Å². The molecule has 63 heavy (non-hydrogen) atoms. The molecule has 1 aliphatic rings. The first-order valence-corrected chi connectivity index (χ1v) is 26.3. The van der Waals surface area contributed by atoms with Gasteiger partial charge in [-0.3, -0.25) is 19.2 Å². The third-order valence-corrected chi connectivity index (χ3v) is 13.1. The van der Waals surface area contributed by atoms with Crippen LogP contribution in [-0.2, 0) is 46.4 Å². The lowest BCUT2D eigenvalue weighted by Gasteiger charge is -2.27. The molecule has 0 radical (unpaired) electrons. The fraction of sp³-hybridized carbons (Fsp3) is 0.824. The third kappa shape index (κ3) is 26.5. The molecule has 1 atom stereocenters. The number of nitrogens with zero attached hydrogens (tertiary/aromatic N) is 2. The van der Waals surface area contributed by atoms with Crippen molar-refractivity contribution in [3.05, 3.63) is 16.0 Å². The van der Waals surface area contributed by atoms with Crippen LogP contribution >= 0.6 is 11.3 Å². The number of esters is 3. The molecule has 362 valence electrons. The molecule has 0 saturated carbocycles. The number of amides is 2. The quantitative estimate of drug-likeness (QED) is 0.0390. The summed E-state index contributed by atoms with van der Waals surface area (Å²) in [5, 5.41) is 3.45. The number of nitrogens with one attached hydrogen (secondary N) is 1. The van der Waals surface area contributed by atoms with Crippen LogP contribution in [0.2, 0.25) is 0 Å². The zero-order valence-electron chi connectivity index (χ0n) is 40.6. The highest BCUT2D eigenvalue weighted by Crippen LogP contribution is 2.38. The molecule has 1 N–H and O–H groups in total. The Morgan fingerprint density at radius 2 is 1.14 bits per heavy atom. The van der Waals surface area contributed by atoms with E-state index in [1.807, 2.05) is 19.0 Å². The Morgan fingerprint density at radius 3 is 1.76 bits per heavy atom. The van der Waals surface area contributed by atoms with Gasteiger partial charge < -0.3 is 29.3 Å². The highest BCUT2D eigenvalue weighted by atomic mass is 32.1. The summed E-state index contributed by atoms with van der Waals surface area (Å²) in [6.45, 7) is 8.99. The van der Waals surface area contributed by atoms with Crippen molar-refractivity contribution in [1.29, 1.82) is 0 Å². The van der Waals surface area contributed by atoms with Crippen LogP contribution in [0.5, 0.6) is 0 Å². The molecule has 0 aromatic carbocycles. The van der Waals surface area contributed by atoms with Crippen molar-refractivity contribution in [2.24, 2.45) is 0 Å². The summed E-state index contributed by atoms with van der Waals surface area (Å²) in [6, 6.07) is 0. The largest absolute Gasteiger partial charge is 0.466 e. The lowest BCUT2D eigenvalue weighted by atomic mass is 10.0. The molecule has 1 aliphatic heterocycles. The summed E-state index contributed by atoms with van der Waals surface area (Å²) >= 11 is 1.34. The van der Waals surface area contributed by atoms with Gasteiger partial charge in [-0.15, -0.1) is 11.3 Å². The van der Waals surface area contributed by atoms with E-state index in [9.17, 15) is 24.0 Å². The molecule has 1 aromatic heterocycles. The van der Waals surface area contributed by atoms with E-state index in [-0.39, 0.29) is 49.3 Å². The lowest BCUT2D eigenvalue weighted by Crippen LogP contribution is -2.35. The monoisotopic (exact) mass is 904 g/mol. The second kappa shape index (κ2) is 36.3. The predicted molar refractivity (Wildman–Crippen MR) is 257 cm³/mol. The molecule has 0 saturated heterocycles. The van der Waals surface area contributed by atoms with Gasteiger partial charge in [0.25, 0.3) is 0 Å². The average molecular weight is 904 g/mol. The molecule has 1 aromatic rings. The molecule has 2 rings (SSSR count). The lowest BCUT2D eigenvalue weighted by molar-refractivity contribution is -0.150. The van der Waals surface area contributed by atoms with Crippen LogP contribution in [0.3, 0.4) is 0 Å². The number of ether oxygens (including phenoxy) is 3. The molecule has 0 fully saturated rings. The van der Waals surface area contributed by atoms with Gasteiger partial charge in [0.05, 0.1) is 25.3 Å². The molecule has 0 spiro atoms. The van der Waals surface area contributed by atoms with Crippen molar-refractivity contribution in [2.75, 3.05) is 45.7 Å². The summed E-state index contributed by atoms with van der Waals surface area (Å²) < 4.78 is 17.1. The van der Waals surface area contributed by atoms with Crippen LogP contribution in [0.4, 0.5) is 5.00 Å². The first-order valence-electron chi connectivity index (χ1n) is 25.5. The minimum atomic E-state index is -0.459. The Hall–Kier alpha value is -2.99. The molecular formula is C51H89N3O8S. The number of carbonyl (C=O) groups excluding carboxylic acids is 5. The number of unbranched alkanes of at least 4 members (excludes halogenated alkanes) is 18. The molecule has 12 heteroatoms. The maximum absolute atomic E-state index is 13.5. The van der Waals surface area contributed by atoms with E-state index in [1.54, 1.807) is 4.90 Å². The van der Waals surface area contributed by atoms with Gasteiger partial charge in [0, 0.05) is 43.6 Å². The van der Waals surface area contributed by atoms with Crippen molar-refractivity contribution < 1.29 is 38.2 Å². The van der Waals surface area contributed by atoms with Crippen LogP contribution in [0.1, 0.15) is 234 Å². The Bertz CT molecular complexity index is 1410. The van der Waals surface area contributed by atoms with Gasteiger partial charge in [-0.1, -0.05) is 124 Å². The minimum absolute atomic E-state index is 0.0132. The van der Waals surface area contributed by atoms with Crippen LogP contribution in [0.25, 0.3) is 0 Å². The van der Waals surface area contributed by atoms with E-state index in [0.717, 1.165) is 61.9 Å². The summed E-state index contributed by atoms with van der Waals surface area (Å²) in [6.07, 6.45) is 29.2. The molecule has 0 bridgehead atoms. The maximum Gasteiger partial charge on any atom is 0.341 e. The molecule has 2 amide bonds. The van der Waals surface area contributed by atoms with E-state index >= 15 is 0 Å². The smallest absolute Gasteiger partial charge is 0.341 e. The zero-order chi connectivity index (χ0) is 45.9. The van der Waals surface area contributed by atoms with Gasteiger partial charge in [-0.05, 0) is 90.3 Å². The Balaban J connectivity index is 1.86. The van der Waals surface area contributed by atoms with Gasteiger partial charge in [-0.2, -0.15) is 0 Å². The standard InChI is InChI=1S/C51H89N3O8S/c1-6-9-12-15-17-18-19-21-28-39-60-47(57)34-27-25-33-46(56)54-38-36-43-44(41-54)63-50(49(43)51(59)61-40-29-37-53(4)5)52-45(55)32-24-26-35-48(58)62-42(30-22-14-11-8-3)31-23-20-16-13-10-7-2/h42H,6-41H2,1-5H3,(H,52,55). The highest BCUT2D eigenvalue weighted by Gasteiger charge is 2.31. The van der Waals surface area contributed by atoms with E-state index in [0.29, 0.717) is 81.6 Å². The summed E-state index contributed by atoms with van der Waals surface area (Å²) in [5.74, 6) is -1.05.